The number of fused-ring (bicyclic) bond motifs is 1. The summed E-state index contributed by atoms with van der Waals surface area (Å²) < 4.78 is 4.56. The minimum absolute atomic E-state index is 0.0628. The molecule has 2 heterocycles. The molecule has 110 valence electrons. The summed E-state index contributed by atoms with van der Waals surface area (Å²) in [5.74, 6) is -2.48. The molecule has 1 aliphatic rings. The Balaban J connectivity index is 1.84. The van der Waals surface area contributed by atoms with Crippen molar-refractivity contribution in [2.75, 3.05) is 5.32 Å². The number of anilines is 1. The number of rotatable bonds is 4. The lowest BCUT2D eigenvalue weighted by Gasteiger charge is -2.08. The second-order valence-corrected chi connectivity index (χ2v) is 4.58. The topological polar surface area (TPSA) is 106 Å². The standard InChI is InChI=1S/C15H10N2O5/c18-13(19)11-6-1-3-8(17-11)7-16-10-5-2-4-9-12(10)15(21)22-14(9)20/h1-6,16H,7H2,(H,18,19). The van der Waals surface area contributed by atoms with Gasteiger partial charge in [-0.1, -0.05) is 12.1 Å². The van der Waals surface area contributed by atoms with Crippen molar-refractivity contribution in [2.45, 2.75) is 6.54 Å². The molecular formula is C15H10N2O5. The van der Waals surface area contributed by atoms with Crippen LogP contribution in [0.3, 0.4) is 0 Å². The molecule has 0 atom stereocenters. The number of cyclic esters (lactones) is 2. The number of esters is 2. The number of carbonyl (C=O) groups excluding carboxylic acids is 2. The number of nitrogens with one attached hydrogen (secondary N) is 1. The van der Waals surface area contributed by atoms with Gasteiger partial charge in [0.15, 0.2) is 0 Å². The maximum Gasteiger partial charge on any atom is 0.354 e. The zero-order valence-corrected chi connectivity index (χ0v) is 11.2. The van der Waals surface area contributed by atoms with Crippen LogP contribution >= 0.6 is 0 Å². The van der Waals surface area contributed by atoms with E-state index in [4.69, 9.17) is 5.11 Å². The Morgan fingerprint density at radius 2 is 1.91 bits per heavy atom. The summed E-state index contributed by atoms with van der Waals surface area (Å²) in [6, 6.07) is 9.41. The number of nitrogens with zero attached hydrogens (tertiary/aromatic N) is 1. The molecule has 22 heavy (non-hydrogen) atoms. The van der Waals surface area contributed by atoms with Crippen molar-refractivity contribution in [1.29, 1.82) is 0 Å². The molecule has 1 aliphatic heterocycles. The van der Waals surface area contributed by atoms with E-state index in [2.05, 4.69) is 15.0 Å². The number of carbonyl (C=O) groups is 3. The largest absolute Gasteiger partial charge is 0.477 e. The minimum Gasteiger partial charge on any atom is -0.477 e. The second-order valence-electron chi connectivity index (χ2n) is 4.58. The quantitative estimate of drug-likeness (QED) is 0.653. The number of hydrogen-bond donors (Lipinski definition) is 2. The van der Waals surface area contributed by atoms with Crippen molar-refractivity contribution in [1.82, 2.24) is 4.98 Å². The molecule has 3 rings (SSSR count). The summed E-state index contributed by atoms with van der Waals surface area (Å²) in [5.41, 5.74) is 1.27. The molecular weight excluding hydrogens is 288 g/mol. The van der Waals surface area contributed by atoms with Gasteiger partial charge in [0.1, 0.15) is 5.69 Å². The number of ether oxygens (including phenoxy) is 1. The molecule has 2 N–H and O–H groups in total. The average molecular weight is 298 g/mol. The molecule has 7 nitrogen and oxygen atoms in total. The summed E-state index contributed by atoms with van der Waals surface area (Å²) >= 11 is 0. The molecule has 1 aromatic heterocycles. The lowest BCUT2D eigenvalue weighted by atomic mass is 10.1. The normalized spacial score (nSPS) is 12.7. The van der Waals surface area contributed by atoms with Gasteiger partial charge < -0.3 is 15.2 Å². The lowest BCUT2D eigenvalue weighted by Crippen LogP contribution is -2.08. The molecule has 0 unspecified atom stereocenters. The third kappa shape index (κ3) is 2.39. The van der Waals surface area contributed by atoms with Gasteiger partial charge in [-0.25, -0.2) is 19.4 Å². The van der Waals surface area contributed by atoms with Crippen LogP contribution in [-0.2, 0) is 11.3 Å². The van der Waals surface area contributed by atoms with Crippen LogP contribution in [0.2, 0.25) is 0 Å². The van der Waals surface area contributed by atoms with Crippen LogP contribution in [0.1, 0.15) is 36.9 Å². The zero-order valence-electron chi connectivity index (χ0n) is 11.2. The fourth-order valence-electron chi connectivity index (χ4n) is 2.16. The number of hydrogen-bond acceptors (Lipinski definition) is 6. The predicted octanol–water partition coefficient (Wildman–Crippen LogP) is 1.70. The summed E-state index contributed by atoms with van der Waals surface area (Å²) in [6.07, 6.45) is 0. The SMILES string of the molecule is O=C(O)c1cccc(CNc2cccc3c2C(=O)OC3=O)n1. The Morgan fingerprint density at radius 3 is 2.68 bits per heavy atom. The van der Waals surface area contributed by atoms with Crippen LogP contribution in [0.4, 0.5) is 5.69 Å². The van der Waals surface area contributed by atoms with Gasteiger partial charge >= 0.3 is 17.9 Å². The molecule has 0 saturated heterocycles. The molecule has 1 aromatic carbocycles. The Bertz CT molecular complexity index is 800. The number of carboxylic acids is 1. The summed E-state index contributed by atoms with van der Waals surface area (Å²) in [6.45, 7) is 0.207. The summed E-state index contributed by atoms with van der Waals surface area (Å²) in [7, 11) is 0. The monoisotopic (exact) mass is 298 g/mol. The first-order valence-corrected chi connectivity index (χ1v) is 6.39. The van der Waals surface area contributed by atoms with Crippen molar-refractivity contribution in [3.05, 3.63) is 58.9 Å². The Kier molecular flexibility index (Phi) is 3.30. The van der Waals surface area contributed by atoms with E-state index in [0.717, 1.165) is 0 Å². The number of pyridine rings is 1. The van der Waals surface area contributed by atoms with E-state index in [0.29, 0.717) is 11.4 Å². The molecule has 0 spiro atoms. The minimum atomic E-state index is -1.11. The van der Waals surface area contributed by atoms with Crippen LogP contribution < -0.4 is 5.32 Å². The van der Waals surface area contributed by atoms with Gasteiger partial charge in [-0.2, -0.15) is 0 Å². The highest BCUT2D eigenvalue weighted by Crippen LogP contribution is 2.27. The maximum atomic E-state index is 11.7. The van der Waals surface area contributed by atoms with E-state index in [1.807, 2.05) is 0 Å². The van der Waals surface area contributed by atoms with Gasteiger partial charge in [0.2, 0.25) is 0 Å². The molecule has 0 bridgehead atoms. The van der Waals surface area contributed by atoms with Crippen molar-refractivity contribution >= 4 is 23.6 Å². The molecule has 0 saturated carbocycles. The van der Waals surface area contributed by atoms with E-state index in [9.17, 15) is 14.4 Å². The third-order valence-corrected chi connectivity index (χ3v) is 3.16. The van der Waals surface area contributed by atoms with Crippen molar-refractivity contribution in [3.8, 4) is 0 Å². The van der Waals surface area contributed by atoms with E-state index >= 15 is 0 Å². The van der Waals surface area contributed by atoms with Crippen molar-refractivity contribution < 1.29 is 24.2 Å². The van der Waals surface area contributed by atoms with Gasteiger partial charge in [0.25, 0.3) is 0 Å². The predicted molar refractivity (Wildman–Crippen MR) is 74.7 cm³/mol. The van der Waals surface area contributed by atoms with Crippen LogP contribution in [-0.4, -0.2) is 28.0 Å². The first-order valence-electron chi connectivity index (χ1n) is 6.39. The number of carboxylic acid groups (broad SMARTS) is 1. The van der Waals surface area contributed by atoms with Gasteiger partial charge in [-0.05, 0) is 24.3 Å². The molecule has 2 aromatic rings. The van der Waals surface area contributed by atoms with E-state index in [1.165, 1.54) is 12.1 Å². The van der Waals surface area contributed by atoms with Crippen molar-refractivity contribution in [2.24, 2.45) is 0 Å². The third-order valence-electron chi connectivity index (χ3n) is 3.16. The average Bonchev–Trinajstić information content (AvgIpc) is 2.81. The molecule has 0 amide bonds. The first kappa shape index (κ1) is 13.7. The van der Waals surface area contributed by atoms with Crippen molar-refractivity contribution in [3.63, 3.8) is 0 Å². The van der Waals surface area contributed by atoms with Gasteiger partial charge in [0, 0.05) is 5.69 Å². The zero-order chi connectivity index (χ0) is 15.7. The fraction of sp³-hybridized carbons (Fsp3) is 0.0667. The Labute approximate surface area is 124 Å². The molecule has 0 fully saturated rings. The highest BCUT2D eigenvalue weighted by molar-refractivity contribution is 6.17. The van der Waals surface area contributed by atoms with E-state index in [1.54, 1.807) is 24.3 Å². The van der Waals surface area contributed by atoms with Crippen LogP contribution in [0.5, 0.6) is 0 Å². The number of aromatic carboxylic acids is 1. The summed E-state index contributed by atoms with van der Waals surface area (Å²) in [5, 5.41) is 11.9. The highest BCUT2D eigenvalue weighted by atomic mass is 16.6. The highest BCUT2D eigenvalue weighted by Gasteiger charge is 2.31. The van der Waals surface area contributed by atoms with Crippen LogP contribution in [0, 0.1) is 0 Å². The Hall–Kier alpha value is -3.22. The summed E-state index contributed by atoms with van der Waals surface area (Å²) in [4.78, 5) is 38.0. The Morgan fingerprint density at radius 1 is 1.14 bits per heavy atom. The number of benzene rings is 1. The second kappa shape index (κ2) is 5.28. The van der Waals surface area contributed by atoms with Crippen LogP contribution in [0.15, 0.2) is 36.4 Å². The lowest BCUT2D eigenvalue weighted by molar-refractivity contribution is 0.0443. The maximum absolute atomic E-state index is 11.7. The fourth-order valence-corrected chi connectivity index (χ4v) is 2.16. The van der Waals surface area contributed by atoms with Gasteiger partial charge in [-0.3, -0.25) is 0 Å². The molecule has 7 heteroatoms. The smallest absolute Gasteiger partial charge is 0.354 e. The molecule has 0 aliphatic carbocycles. The van der Waals surface area contributed by atoms with E-state index in [-0.39, 0.29) is 23.4 Å². The van der Waals surface area contributed by atoms with Gasteiger partial charge in [0.05, 0.1) is 23.4 Å². The van der Waals surface area contributed by atoms with Crippen LogP contribution in [0.25, 0.3) is 0 Å². The molecule has 0 radical (unpaired) electrons. The van der Waals surface area contributed by atoms with E-state index < -0.39 is 17.9 Å². The number of aromatic nitrogens is 1. The first-order chi connectivity index (χ1) is 10.6. The van der Waals surface area contributed by atoms with Gasteiger partial charge in [-0.15, -0.1) is 0 Å².